The molecule has 2 saturated carbocycles. The van der Waals surface area contributed by atoms with Gasteiger partial charge in [-0.15, -0.1) is 0 Å². The average molecular weight is 255 g/mol. The van der Waals surface area contributed by atoms with Crippen LogP contribution in [0.5, 0.6) is 0 Å². The second-order valence-electron chi connectivity index (χ2n) is 5.79. The zero-order valence-corrected chi connectivity index (χ0v) is 11.3. The standard InChI is InChI=1S/C13H21NO2S/c1-17(15,16)12-6-4-5-11(9-12)13(10-14)7-2-3-8-13/h11-12H,2-9H2,1H3. The smallest absolute Gasteiger partial charge is 0.150 e. The van der Waals surface area contributed by atoms with Gasteiger partial charge in [0.15, 0.2) is 0 Å². The monoisotopic (exact) mass is 255 g/mol. The van der Waals surface area contributed by atoms with E-state index < -0.39 is 9.84 Å². The van der Waals surface area contributed by atoms with Gasteiger partial charge in [0.25, 0.3) is 0 Å². The second-order valence-corrected chi connectivity index (χ2v) is 8.12. The van der Waals surface area contributed by atoms with Gasteiger partial charge in [0.1, 0.15) is 9.84 Å². The third-order valence-electron chi connectivity index (χ3n) is 4.73. The summed E-state index contributed by atoms with van der Waals surface area (Å²) in [6.07, 6.45) is 9.07. The van der Waals surface area contributed by atoms with Gasteiger partial charge in [-0.3, -0.25) is 0 Å². The Hall–Kier alpha value is -0.560. The summed E-state index contributed by atoms with van der Waals surface area (Å²) in [5.41, 5.74) is -0.205. The van der Waals surface area contributed by atoms with E-state index in [0.29, 0.717) is 12.3 Å². The molecule has 4 heteroatoms. The summed E-state index contributed by atoms with van der Waals surface area (Å²) in [7, 11) is -2.93. The first kappa shape index (κ1) is 12.9. The molecule has 0 amide bonds. The molecule has 2 aliphatic rings. The minimum atomic E-state index is -2.93. The van der Waals surface area contributed by atoms with Crippen molar-refractivity contribution in [2.45, 2.75) is 56.6 Å². The summed E-state index contributed by atoms with van der Waals surface area (Å²) in [6, 6.07) is 2.52. The Morgan fingerprint density at radius 2 is 1.82 bits per heavy atom. The van der Waals surface area contributed by atoms with Crippen molar-refractivity contribution >= 4 is 9.84 Å². The van der Waals surface area contributed by atoms with Crippen LogP contribution in [0.3, 0.4) is 0 Å². The van der Waals surface area contributed by atoms with E-state index in [4.69, 9.17) is 0 Å². The highest BCUT2D eigenvalue weighted by Gasteiger charge is 2.44. The first-order valence-corrected chi connectivity index (χ1v) is 8.53. The van der Waals surface area contributed by atoms with Gasteiger partial charge < -0.3 is 0 Å². The summed E-state index contributed by atoms with van der Waals surface area (Å²) in [4.78, 5) is 0. The van der Waals surface area contributed by atoms with Gasteiger partial charge in [0.2, 0.25) is 0 Å². The van der Waals surface area contributed by atoms with Gasteiger partial charge in [-0.25, -0.2) is 8.42 Å². The lowest BCUT2D eigenvalue weighted by molar-refractivity contribution is 0.185. The minimum Gasteiger partial charge on any atom is -0.229 e. The maximum absolute atomic E-state index is 11.7. The van der Waals surface area contributed by atoms with Crippen molar-refractivity contribution in [1.29, 1.82) is 5.26 Å². The Bertz CT molecular complexity index is 415. The van der Waals surface area contributed by atoms with Crippen LogP contribution in [0, 0.1) is 22.7 Å². The summed E-state index contributed by atoms with van der Waals surface area (Å²) in [6.45, 7) is 0. The molecule has 3 nitrogen and oxygen atoms in total. The van der Waals surface area contributed by atoms with Crippen molar-refractivity contribution in [2.24, 2.45) is 11.3 Å². The van der Waals surface area contributed by atoms with Crippen molar-refractivity contribution < 1.29 is 8.42 Å². The van der Waals surface area contributed by atoms with Crippen LogP contribution in [0.2, 0.25) is 0 Å². The fraction of sp³-hybridized carbons (Fsp3) is 0.923. The van der Waals surface area contributed by atoms with E-state index in [9.17, 15) is 13.7 Å². The summed E-state index contributed by atoms with van der Waals surface area (Å²) in [5.74, 6) is 0.309. The molecular weight excluding hydrogens is 234 g/mol. The maximum atomic E-state index is 11.7. The van der Waals surface area contributed by atoms with Crippen LogP contribution in [-0.4, -0.2) is 19.9 Å². The molecule has 96 valence electrons. The number of rotatable bonds is 2. The molecule has 0 aromatic carbocycles. The van der Waals surface area contributed by atoms with Gasteiger partial charge in [0.05, 0.1) is 16.7 Å². The molecule has 17 heavy (non-hydrogen) atoms. The molecule has 2 atom stereocenters. The first-order valence-electron chi connectivity index (χ1n) is 6.58. The largest absolute Gasteiger partial charge is 0.229 e. The molecule has 2 aliphatic carbocycles. The molecule has 2 unspecified atom stereocenters. The number of hydrogen-bond acceptors (Lipinski definition) is 3. The molecule has 0 aromatic heterocycles. The fourth-order valence-electron chi connectivity index (χ4n) is 3.65. The van der Waals surface area contributed by atoms with Gasteiger partial charge in [-0.05, 0) is 38.0 Å². The van der Waals surface area contributed by atoms with Crippen LogP contribution in [0.25, 0.3) is 0 Å². The lowest BCUT2D eigenvalue weighted by Gasteiger charge is -2.37. The quantitative estimate of drug-likeness (QED) is 0.762. The predicted octanol–water partition coefficient (Wildman–Crippen LogP) is 2.67. The van der Waals surface area contributed by atoms with Gasteiger partial charge in [0, 0.05) is 6.26 Å². The van der Waals surface area contributed by atoms with Gasteiger partial charge in [-0.1, -0.05) is 19.3 Å². The first-order chi connectivity index (χ1) is 7.98. The van der Waals surface area contributed by atoms with Crippen LogP contribution in [0.15, 0.2) is 0 Å². The van der Waals surface area contributed by atoms with Crippen LogP contribution in [0.1, 0.15) is 51.4 Å². The third-order valence-corrected chi connectivity index (χ3v) is 6.37. The normalized spacial score (nSPS) is 33.2. The van der Waals surface area contributed by atoms with Crippen molar-refractivity contribution in [3.63, 3.8) is 0 Å². The number of hydrogen-bond donors (Lipinski definition) is 0. The van der Waals surface area contributed by atoms with Crippen molar-refractivity contribution in [3.05, 3.63) is 0 Å². The average Bonchev–Trinajstić information content (AvgIpc) is 2.78. The number of sulfone groups is 1. The maximum Gasteiger partial charge on any atom is 0.150 e. The molecule has 2 rings (SSSR count). The number of nitrogens with zero attached hydrogens (tertiary/aromatic N) is 1. The van der Waals surface area contributed by atoms with E-state index in [-0.39, 0.29) is 10.7 Å². The minimum absolute atomic E-state index is 0.202. The SMILES string of the molecule is CS(=O)(=O)C1CCCC(C2(C#N)CCCC2)C1. The fourth-order valence-corrected chi connectivity index (χ4v) is 4.83. The Labute approximate surface area is 104 Å². The Kier molecular flexibility index (Phi) is 3.49. The molecule has 0 bridgehead atoms. The van der Waals surface area contributed by atoms with Crippen molar-refractivity contribution in [1.82, 2.24) is 0 Å². The molecule has 0 heterocycles. The molecule has 0 aromatic rings. The van der Waals surface area contributed by atoms with Crippen molar-refractivity contribution in [2.75, 3.05) is 6.26 Å². The van der Waals surface area contributed by atoms with E-state index >= 15 is 0 Å². The highest BCUT2D eigenvalue weighted by atomic mass is 32.2. The lowest BCUT2D eigenvalue weighted by atomic mass is 9.68. The summed E-state index contributed by atoms with van der Waals surface area (Å²) < 4.78 is 23.3. The summed E-state index contributed by atoms with van der Waals surface area (Å²) >= 11 is 0. The van der Waals surface area contributed by atoms with Gasteiger partial charge in [-0.2, -0.15) is 5.26 Å². The molecule has 2 fully saturated rings. The molecular formula is C13H21NO2S. The van der Waals surface area contributed by atoms with E-state index in [1.165, 1.54) is 6.26 Å². The third kappa shape index (κ3) is 2.49. The Morgan fingerprint density at radius 3 is 2.35 bits per heavy atom. The second kappa shape index (κ2) is 4.61. The Morgan fingerprint density at radius 1 is 1.18 bits per heavy atom. The van der Waals surface area contributed by atoms with Crippen molar-refractivity contribution in [3.8, 4) is 6.07 Å². The van der Waals surface area contributed by atoms with E-state index in [2.05, 4.69) is 6.07 Å². The van der Waals surface area contributed by atoms with E-state index in [1.807, 2.05) is 0 Å². The van der Waals surface area contributed by atoms with Gasteiger partial charge >= 0.3 is 0 Å². The predicted molar refractivity (Wildman–Crippen MR) is 67.1 cm³/mol. The zero-order valence-electron chi connectivity index (χ0n) is 10.5. The van der Waals surface area contributed by atoms with Crippen LogP contribution in [-0.2, 0) is 9.84 Å². The van der Waals surface area contributed by atoms with Crippen LogP contribution >= 0.6 is 0 Å². The molecule has 0 aliphatic heterocycles. The highest BCUT2D eigenvalue weighted by molar-refractivity contribution is 7.91. The van der Waals surface area contributed by atoms with Crippen LogP contribution in [0.4, 0.5) is 0 Å². The molecule has 0 saturated heterocycles. The van der Waals surface area contributed by atoms with Crippen LogP contribution < -0.4 is 0 Å². The highest BCUT2D eigenvalue weighted by Crippen LogP contribution is 2.49. The Balaban J connectivity index is 2.15. The molecule has 0 N–H and O–H groups in total. The molecule has 0 radical (unpaired) electrons. The van der Waals surface area contributed by atoms with E-state index in [1.54, 1.807) is 0 Å². The summed E-state index contributed by atoms with van der Waals surface area (Å²) in [5, 5.41) is 9.26. The molecule has 0 spiro atoms. The van der Waals surface area contributed by atoms with E-state index in [0.717, 1.165) is 44.9 Å². The topological polar surface area (TPSA) is 57.9 Å². The zero-order chi connectivity index (χ0) is 12.5. The lowest BCUT2D eigenvalue weighted by Crippen LogP contribution is -2.35. The number of nitriles is 1.